The van der Waals surface area contributed by atoms with Gasteiger partial charge in [-0.2, -0.15) is 4.98 Å². The van der Waals surface area contributed by atoms with Crippen molar-refractivity contribution in [1.82, 2.24) is 19.1 Å². The zero-order valence-corrected chi connectivity index (χ0v) is 32.3. The molecule has 2 aromatic rings. The number of carbonyl (C=O) groups is 1. The van der Waals surface area contributed by atoms with Crippen LogP contribution in [-0.2, 0) is 23.4 Å². The van der Waals surface area contributed by atoms with Gasteiger partial charge in [0.05, 0.1) is 12.1 Å². The van der Waals surface area contributed by atoms with Gasteiger partial charge in [0.25, 0.3) is 13.4 Å². The average Bonchev–Trinajstić information content (AvgIpc) is 3.77. The van der Waals surface area contributed by atoms with Crippen molar-refractivity contribution in [3.8, 4) is 0 Å². The highest BCUT2D eigenvalue weighted by molar-refractivity contribution is 7.44. The fraction of sp³-hybridized carbons (Fsp3) is 0.743. The first-order valence-electron chi connectivity index (χ1n) is 19.1. The molecular weight excluding hydrogens is 723 g/mol. The highest BCUT2D eigenvalue weighted by Crippen LogP contribution is 2.50. The predicted molar refractivity (Wildman–Crippen MR) is 197 cm³/mol. The second-order valence-electron chi connectivity index (χ2n) is 14.4. The number of hydrogen-bond donors (Lipinski definition) is 3. The number of phosphoric acid groups is 1. The topological polar surface area (TPSA) is 256 Å². The van der Waals surface area contributed by atoms with Gasteiger partial charge in [0.15, 0.2) is 0 Å². The van der Waals surface area contributed by atoms with Crippen LogP contribution in [-0.4, -0.2) is 53.8 Å². The van der Waals surface area contributed by atoms with Crippen LogP contribution in [0.4, 0.5) is 5.82 Å². The van der Waals surface area contributed by atoms with Crippen molar-refractivity contribution in [1.29, 1.82) is 0 Å². The van der Waals surface area contributed by atoms with Gasteiger partial charge in [-0.3, -0.25) is 28.3 Å². The Balaban J connectivity index is 1.32. The lowest BCUT2D eigenvalue weighted by Crippen LogP contribution is -2.55. The predicted octanol–water partition coefficient (Wildman–Crippen LogP) is 5.40. The van der Waals surface area contributed by atoms with Crippen LogP contribution in [0.2, 0.25) is 0 Å². The lowest BCUT2D eigenvalue weighted by molar-refractivity contribution is -0.252. The van der Waals surface area contributed by atoms with Gasteiger partial charge >= 0.3 is 11.4 Å². The Morgan fingerprint density at radius 1 is 1.07 bits per heavy atom. The quantitative estimate of drug-likeness (QED) is 0.0448. The molecule has 0 bridgehead atoms. The van der Waals surface area contributed by atoms with Gasteiger partial charge in [0.2, 0.25) is 5.91 Å². The first-order valence-corrected chi connectivity index (χ1v) is 20.6. The second kappa shape index (κ2) is 20.3. The van der Waals surface area contributed by atoms with Crippen LogP contribution in [0.1, 0.15) is 141 Å². The fourth-order valence-electron chi connectivity index (χ4n) is 7.31. The Morgan fingerprint density at radius 3 is 2.30 bits per heavy atom. The molecule has 4 heterocycles. The number of unbranched alkanes of at least 4 members (excludes halogenated alkanes) is 12. The van der Waals surface area contributed by atoms with Gasteiger partial charge in [0, 0.05) is 35.7 Å². The number of anilines is 1. The van der Waals surface area contributed by atoms with Crippen molar-refractivity contribution < 1.29 is 33.1 Å². The van der Waals surface area contributed by atoms with E-state index in [0.29, 0.717) is 6.42 Å². The first-order chi connectivity index (χ1) is 25.8. The van der Waals surface area contributed by atoms with Crippen LogP contribution >= 0.6 is 7.82 Å². The number of aromatic amines is 1. The first kappa shape index (κ1) is 43.1. The summed E-state index contributed by atoms with van der Waals surface area (Å²) in [5.41, 5.74) is 5.34. The summed E-state index contributed by atoms with van der Waals surface area (Å²) in [6, 6.07) is 0.353. The maximum Gasteiger partial charge on any atom is 0.351 e. The molecule has 0 radical (unpaired) electrons. The summed E-state index contributed by atoms with van der Waals surface area (Å²) in [5.74, 6) is -0.163. The lowest BCUT2D eigenvalue weighted by Gasteiger charge is -2.42. The van der Waals surface area contributed by atoms with Crippen LogP contribution in [0, 0.1) is 6.92 Å². The third-order valence-electron chi connectivity index (χ3n) is 10.2. The number of aromatic nitrogens is 4. The second-order valence-corrected chi connectivity index (χ2v) is 15.6. The number of azide groups is 1. The molecular formula is C35H54N8O10P-. The Kier molecular flexibility index (Phi) is 16.2. The van der Waals surface area contributed by atoms with Gasteiger partial charge in [-0.1, -0.05) is 89.1 Å². The third-order valence-corrected chi connectivity index (χ3v) is 10.8. The number of ether oxygens (including phenoxy) is 2. The lowest BCUT2D eigenvalue weighted by atomic mass is 9.86. The highest BCUT2D eigenvalue weighted by Gasteiger charge is 2.56. The minimum atomic E-state index is -5.48. The number of aryl methyl sites for hydroxylation is 1. The molecule has 2 aromatic heterocycles. The van der Waals surface area contributed by atoms with E-state index in [9.17, 15) is 39.1 Å². The van der Waals surface area contributed by atoms with Crippen molar-refractivity contribution in [2.75, 3.05) is 5.32 Å². The van der Waals surface area contributed by atoms with E-state index in [-0.39, 0.29) is 36.6 Å². The summed E-state index contributed by atoms with van der Waals surface area (Å²) in [6.07, 6.45) is 14.2. The molecule has 2 aliphatic rings. The van der Waals surface area contributed by atoms with Crippen LogP contribution in [0.3, 0.4) is 0 Å². The van der Waals surface area contributed by atoms with Crippen molar-refractivity contribution in [2.45, 2.75) is 166 Å². The van der Waals surface area contributed by atoms with E-state index in [1.807, 2.05) is 0 Å². The fourth-order valence-corrected chi connectivity index (χ4v) is 8.03. The SMILES string of the molecule is CCCCCCCCCCCCCCCC(=O)Nc1ccn([C@H]2CC[C@@H](C(C)(OP(=O)([O-])O)[C@H]3O[C@@H](n4cc(C)c(=O)[nH]c4=O)C[C@@H]3N=[N+]=[N-])O2)c(=O)n1. The molecule has 2 fully saturated rings. The molecule has 18 nitrogen and oxygen atoms in total. The maximum atomic E-state index is 13.1. The number of nitrogens with one attached hydrogen (secondary N) is 2. The summed E-state index contributed by atoms with van der Waals surface area (Å²) < 4.78 is 31.9. The summed E-state index contributed by atoms with van der Waals surface area (Å²) in [4.78, 5) is 81.2. The Labute approximate surface area is 313 Å². The van der Waals surface area contributed by atoms with Crippen molar-refractivity contribution in [2.24, 2.45) is 5.11 Å². The zero-order chi connectivity index (χ0) is 39.3. The molecule has 3 N–H and O–H groups in total. The zero-order valence-electron chi connectivity index (χ0n) is 31.4. The van der Waals surface area contributed by atoms with Crippen LogP contribution < -0.4 is 27.1 Å². The number of rotatable bonds is 22. The molecule has 4 rings (SSSR count). The van der Waals surface area contributed by atoms with Gasteiger partial charge in [-0.15, -0.1) is 0 Å². The van der Waals surface area contributed by atoms with Crippen molar-refractivity contribution >= 4 is 19.5 Å². The van der Waals surface area contributed by atoms with E-state index in [1.54, 1.807) is 0 Å². The van der Waals surface area contributed by atoms with E-state index in [0.717, 1.165) is 30.3 Å². The average molecular weight is 778 g/mol. The molecule has 0 saturated carbocycles. The van der Waals surface area contributed by atoms with Gasteiger partial charge in [0.1, 0.15) is 30.0 Å². The van der Waals surface area contributed by atoms with E-state index in [2.05, 4.69) is 32.2 Å². The minimum Gasteiger partial charge on any atom is -0.756 e. The van der Waals surface area contributed by atoms with Gasteiger partial charge in [-0.25, -0.2) is 9.59 Å². The molecule has 7 atom stereocenters. The highest BCUT2D eigenvalue weighted by atomic mass is 31.2. The molecule has 0 spiro atoms. The molecule has 54 heavy (non-hydrogen) atoms. The number of hydrogen-bond acceptors (Lipinski definition) is 11. The maximum absolute atomic E-state index is 13.1. The smallest absolute Gasteiger partial charge is 0.351 e. The minimum absolute atomic E-state index is 0.0848. The number of nitrogens with zero attached hydrogens (tertiary/aromatic N) is 6. The van der Waals surface area contributed by atoms with E-state index in [1.165, 1.54) is 94.7 Å². The number of amides is 1. The summed E-state index contributed by atoms with van der Waals surface area (Å²) in [7, 11) is -5.48. The van der Waals surface area contributed by atoms with E-state index in [4.69, 9.17) is 14.0 Å². The molecule has 1 amide bonds. The number of carbonyl (C=O) groups excluding carboxylic acids is 1. The Hall–Kier alpha value is -3.63. The van der Waals surface area contributed by atoms with E-state index >= 15 is 0 Å². The summed E-state index contributed by atoms with van der Waals surface area (Å²) in [6.45, 7) is 5.00. The standard InChI is InChI=1S/C35H55N8O10P/c1-4-5-6-7-8-9-10-11-12-13-14-15-16-17-28(44)37-27-20-21-42(33(46)38-27)29-19-18-26(51-29)35(3,53-54(48,49)50)31-25(40-41-36)22-30(52-31)43-23-24(2)32(45)39-34(43)47/h20-21,23,25-26,29-31H,4-19,22H2,1-3H3,(H,39,45,47)(H2,48,49,50)(H,37,38,44,46)/p-1/t25-,26-,29+,30+,31-,35?/m0/s1. The van der Waals surface area contributed by atoms with Crippen LogP contribution in [0.15, 0.2) is 38.0 Å². The molecule has 19 heteroatoms. The molecule has 2 saturated heterocycles. The van der Waals surface area contributed by atoms with Crippen molar-refractivity contribution in [3.05, 3.63) is 65.8 Å². The van der Waals surface area contributed by atoms with Crippen molar-refractivity contribution in [3.63, 3.8) is 0 Å². The molecule has 300 valence electrons. The molecule has 2 aliphatic heterocycles. The van der Waals surface area contributed by atoms with Crippen LogP contribution in [0.5, 0.6) is 0 Å². The van der Waals surface area contributed by atoms with Gasteiger partial charge < -0.3 is 29.1 Å². The molecule has 0 aliphatic carbocycles. The van der Waals surface area contributed by atoms with Crippen LogP contribution in [0.25, 0.3) is 10.4 Å². The Bertz CT molecular complexity index is 1820. The molecule has 0 aromatic carbocycles. The normalized spacial score (nSPS) is 23.4. The van der Waals surface area contributed by atoms with Gasteiger partial charge in [-0.05, 0) is 44.7 Å². The largest absolute Gasteiger partial charge is 0.756 e. The third kappa shape index (κ3) is 12.2. The number of H-pyrrole nitrogens is 1. The monoisotopic (exact) mass is 777 g/mol. The number of phosphoric ester groups is 1. The van der Waals surface area contributed by atoms with E-state index < -0.39 is 61.1 Å². The Morgan fingerprint density at radius 2 is 1.70 bits per heavy atom. The summed E-state index contributed by atoms with van der Waals surface area (Å²) in [5, 5.41) is 6.42. The molecule has 2 unspecified atom stereocenters. The summed E-state index contributed by atoms with van der Waals surface area (Å²) >= 11 is 0.